The van der Waals surface area contributed by atoms with Crippen molar-refractivity contribution < 1.29 is 37.0 Å². The largest absolute Gasteiger partial charge is 0.493 e. The van der Waals surface area contributed by atoms with Crippen LogP contribution in [-0.4, -0.2) is 41.7 Å². The number of carbonyl (C=O) groups excluding carboxylic acids is 3. The zero-order valence-electron chi connectivity index (χ0n) is 26.0. The molecule has 2 bridgehead atoms. The molecule has 8 rings (SSSR count). The van der Waals surface area contributed by atoms with E-state index in [1.54, 1.807) is 36.4 Å². The molecule has 2 aliphatic carbocycles. The monoisotopic (exact) mass is 741 g/mol. The Hall–Kier alpha value is -4.27. The highest BCUT2D eigenvalue weighted by Gasteiger charge is 2.69. The first-order valence-electron chi connectivity index (χ1n) is 15.7. The van der Waals surface area contributed by atoms with Crippen molar-refractivity contribution in [3.05, 3.63) is 97.4 Å². The Morgan fingerprint density at radius 2 is 1.74 bits per heavy atom. The van der Waals surface area contributed by atoms with Crippen LogP contribution in [0.3, 0.4) is 0 Å². The van der Waals surface area contributed by atoms with Crippen LogP contribution < -0.4 is 24.6 Å². The van der Waals surface area contributed by atoms with E-state index in [-0.39, 0.29) is 52.0 Å². The summed E-state index contributed by atoms with van der Waals surface area (Å²) in [6.45, 7) is -0.294. The van der Waals surface area contributed by atoms with E-state index in [9.17, 15) is 32.3 Å². The highest BCUT2D eigenvalue weighted by Crippen LogP contribution is 2.69. The van der Waals surface area contributed by atoms with Crippen molar-refractivity contribution in [1.82, 2.24) is 4.98 Å². The fourth-order valence-electron chi connectivity index (χ4n) is 8.34. The summed E-state index contributed by atoms with van der Waals surface area (Å²) >= 11 is 8.52. The number of rotatable bonds is 7. The average molecular weight is 742 g/mol. The van der Waals surface area contributed by atoms with Crippen molar-refractivity contribution in [3.63, 3.8) is 0 Å². The van der Waals surface area contributed by atoms with Crippen LogP contribution in [0.15, 0.2) is 76.6 Å². The number of nitrogens with one attached hydrogen (secondary N) is 2. The van der Waals surface area contributed by atoms with Crippen molar-refractivity contribution >= 4 is 63.8 Å². The Morgan fingerprint density at radius 1 is 1.00 bits per heavy atom. The lowest BCUT2D eigenvalue weighted by atomic mass is 9.68. The second-order valence-electron chi connectivity index (χ2n) is 12.8. The van der Waals surface area contributed by atoms with E-state index in [1.807, 2.05) is 6.07 Å². The third-order valence-electron chi connectivity index (χ3n) is 10.2. The number of anilines is 2. The molecule has 3 fully saturated rings. The van der Waals surface area contributed by atoms with Crippen molar-refractivity contribution in [2.45, 2.75) is 28.8 Å². The Kier molecular flexibility index (Phi) is 8.03. The molecule has 2 N–H and O–H groups in total. The van der Waals surface area contributed by atoms with Gasteiger partial charge in [0, 0.05) is 26.8 Å². The minimum absolute atomic E-state index is 0.0820. The third kappa shape index (κ3) is 5.39. The number of aromatic amines is 1. The first-order valence-corrected chi connectivity index (χ1v) is 17.8. The Labute approximate surface area is 296 Å². The van der Waals surface area contributed by atoms with Crippen LogP contribution in [0.5, 0.6) is 11.5 Å². The van der Waals surface area contributed by atoms with E-state index in [2.05, 4.69) is 10.3 Å². The summed E-state index contributed by atoms with van der Waals surface area (Å²) in [6, 6.07) is 16.3. The number of hydrogen-bond donors (Lipinski definition) is 2. The molecule has 3 heterocycles. The van der Waals surface area contributed by atoms with Crippen LogP contribution in [0, 0.1) is 29.6 Å². The third-order valence-corrected chi connectivity index (χ3v) is 13.0. The molecule has 3 aromatic carbocycles. The molecule has 1 saturated heterocycles. The fraction of sp³-hybridized carbons (Fsp3) is 0.314. The number of methoxy groups -OCH3 is 1. The van der Waals surface area contributed by atoms with E-state index in [0.717, 1.165) is 38.8 Å². The molecule has 2 aliphatic heterocycles. The van der Waals surface area contributed by atoms with Crippen LogP contribution in [0.1, 0.15) is 28.3 Å². The zero-order chi connectivity index (χ0) is 35.1. The van der Waals surface area contributed by atoms with Gasteiger partial charge in [0.25, 0.3) is 5.91 Å². The maximum absolute atomic E-state index is 14.0. The first kappa shape index (κ1) is 32.9. The fourth-order valence-corrected chi connectivity index (χ4v) is 11.4. The number of imide groups is 1. The second-order valence-corrected chi connectivity index (χ2v) is 15.4. The predicted molar refractivity (Wildman–Crippen MR) is 181 cm³/mol. The van der Waals surface area contributed by atoms with Crippen LogP contribution in [-0.2, 0) is 20.6 Å². The molecule has 3 amide bonds. The van der Waals surface area contributed by atoms with Gasteiger partial charge in [-0.05, 0) is 84.3 Å². The van der Waals surface area contributed by atoms with Gasteiger partial charge < -0.3 is 19.8 Å². The number of carbonyl (C=O) groups is 3. The van der Waals surface area contributed by atoms with Crippen molar-refractivity contribution in [3.8, 4) is 11.5 Å². The molecule has 258 valence electrons. The van der Waals surface area contributed by atoms with Gasteiger partial charge in [-0.15, -0.1) is 11.8 Å². The summed E-state index contributed by atoms with van der Waals surface area (Å²) in [5, 5.41) is 3.86. The standard InChI is InChI=1S/C35H27ClF3N3O6S2/c1-47-23-11-15(5-10-22(23)48-14-24(43)40-18-8-6-17(36)7-9-18)25-26-20-13-21(29(26)49-31-30(25)50-34(46)41-31)28-27(20)32(44)42(33(28)45)19-4-2-3-16(12-19)35(37,38)39/h2-12,20-21,25-29H,13-14H2,1H3,(H,40,43)(H,41,46)/t20-,21-,25-,26?,27?,28?,29?/m1/s1. The lowest BCUT2D eigenvalue weighted by Crippen LogP contribution is -2.42. The number of fused-ring (bicyclic) bond motifs is 9. The minimum Gasteiger partial charge on any atom is -0.493 e. The van der Waals surface area contributed by atoms with Crippen LogP contribution in [0.4, 0.5) is 24.5 Å². The number of nitrogens with zero attached hydrogens (tertiary/aromatic N) is 1. The number of halogens is 4. The molecular weight excluding hydrogens is 715 g/mol. The van der Waals surface area contributed by atoms with Gasteiger partial charge in [-0.2, -0.15) is 13.2 Å². The minimum atomic E-state index is -4.63. The summed E-state index contributed by atoms with van der Waals surface area (Å²) in [7, 11) is 1.48. The second kappa shape index (κ2) is 12.2. The molecular formula is C35H27ClF3N3O6S2. The summed E-state index contributed by atoms with van der Waals surface area (Å²) in [5.74, 6) is -2.95. The number of thiazole rings is 1. The molecule has 4 aromatic rings. The maximum atomic E-state index is 14.0. The van der Waals surface area contributed by atoms with Gasteiger partial charge in [0.05, 0.1) is 35.2 Å². The molecule has 0 spiro atoms. The number of ether oxygens (including phenoxy) is 2. The number of H-pyrrole nitrogens is 1. The summed E-state index contributed by atoms with van der Waals surface area (Å²) < 4.78 is 52.1. The number of amides is 3. The van der Waals surface area contributed by atoms with Gasteiger partial charge in [-0.1, -0.05) is 35.1 Å². The normalized spacial score (nSPS) is 26.4. The Morgan fingerprint density at radius 3 is 2.46 bits per heavy atom. The molecule has 4 unspecified atom stereocenters. The molecule has 1 aromatic heterocycles. The number of benzene rings is 3. The average Bonchev–Trinajstić information content (AvgIpc) is 3.83. The lowest BCUT2D eigenvalue weighted by molar-refractivity contribution is -0.137. The number of hydrogen-bond acceptors (Lipinski definition) is 8. The van der Waals surface area contributed by atoms with Gasteiger partial charge in [0.15, 0.2) is 18.1 Å². The van der Waals surface area contributed by atoms with Crippen molar-refractivity contribution in [2.24, 2.45) is 29.6 Å². The number of alkyl halides is 3. The predicted octanol–water partition coefficient (Wildman–Crippen LogP) is 6.81. The molecule has 50 heavy (non-hydrogen) atoms. The first-order chi connectivity index (χ1) is 23.9. The van der Waals surface area contributed by atoms with Gasteiger partial charge in [-0.25, -0.2) is 0 Å². The SMILES string of the molecule is COc1cc([C@H]2c3sc(=O)[nH]c3SC3C2[C@H]2C[C@@H]3C3C(=O)N(c4cccc(C(F)(F)F)c4)C(=O)C32)ccc1OCC(=O)Nc1ccc(Cl)cc1. The molecule has 15 heteroatoms. The molecule has 0 radical (unpaired) electrons. The molecule has 7 atom stereocenters. The highest BCUT2D eigenvalue weighted by molar-refractivity contribution is 8.00. The lowest BCUT2D eigenvalue weighted by Gasteiger charge is -2.43. The topological polar surface area (TPSA) is 118 Å². The van der Waals surface area contributed by atoms with Crippen molar-refractivity contribution in [2.75, 3.05) is 23.9 Å². The zero-order valence-corrected chi connectivity index (χ0v) is 28.4. The molecule has 2 saturated carbocycles. The van der Waals surface area contributed by atoms with E-state index < -0.39 is 35.4 Å². The number of thioether (sulfide) groups is 1. The Bertz CT molecular complexity index is 2100. The van der Waals surface area contributed by atoms with Crippen LogP contribution in [0.25, 0.3) is 0 Å². The van der Waals surface area contributed by atoms with Crippen molar-refractivity contribution in [1.29, 1.82) is 0 Å². The van der Waals surface area contributed by atoms with Gasteiger partial charge in [0.2, 0.25) is 11.8 Å². The quantitative estimate of drug-likeness (QED) is 0.200. The van der Waals surface area contributed by atoms with E-state index >= 15 is 0 Å². The Balaban J connectivity index is 1.09. The van der Waals surface area contributed by atoms with Crippen LogP contribution in [0.2, 0.25) is 5.02 Å². The van der Waals surface area contributed by atoms with Crippen LogP contribution >= 0.6 is 34.7 Å². The number of aromatic nitrogens is 1. The summed E-state index contributed by atoms with van der Waals surface area (Å²) in [6.07, 6.45) is -4.02. The highest BCUT2D eigenvalue weighted by atomic mass is 35.5. The summed E-state index contributed by atoms with van der Waals surface area (Å²) in [4.78, 5) is 57.6. The molecule has 9 nitrogen and oxygen atoms in total. The van der Waals surface area contributed by atoms with E-state index in [4.69, 9.17) is 21.1 Å². The van der Waals surface area contributed by atoms with E-state index in [1.165, 1.54) is 31.0 Å². The summed E-state index contributed by atoms with van der Waals surface area (Å²) in [5.41, 5.74) is 0.352. The van der Waals surface area contributed by atoms with Gasteiger partial charge >= 0.3 is 11.0 Å². The van der Waals surface area contributed by atoms with Gasteiger partial charge in [-0.3, -0.25) is 24.1 Å². The maximum Gasteiger partial charge on any atom is 0.416 e. The van der Waals surface area contributed by atoms with Gasteiger partial charge in [0.1, 0.15) is 0 Å². The van der Waals surface area contributed by atoms with E-state index in [0.29, 0.717) is 33.7 Å². The molecule has 4 aliphatic rings. The smallest absolute Gasteiger partial charge is 0.416 e.